The summed E-state index contributed by atoms with van der Waals surface area (Å²) in [5, 5.41) is 32.3. The number of likely N-dealkylation sites (tertiary alicyclic amines) is 2. The van der Waals surface area contributed by atoms with Crippen molar-refractivity contribution >= 4 is 47.1 Å². The Balaban J connectivity index is 0.000000267. The molecule has 2 saturated heterocycles. The van der Waals surface area contributed by atoms with Crippen LogP contribution in [0.15, 0.2) is 58.7 Å². The minimum absolute atomic E-state index is 0. The van der Waals surface area contributed by atoms with E-state index in [1.807, 2.05) is 12.1 Å². The smallest absolute Gasteiger partial charge is 0.872 e. The fourth-order valence-electron chi connectivity index (χ4n) is 4.18. The van der Waals surface area contributed by atoms with E-state index < -0.39 is 0 Å². The van der Waals surface area contributed by atoms with Gasteiger partial charge in [-0.3, -0.25) is 10.9 Å². The van der Waals surface area contributed by atoms with Crippen LogP contribution in [-0.2, 0) is 20.4 Å². The zero-order chi connectivity index (χ0) is 27.0. The van der Waals surface area contributed by atoms with Crippen LogP contribution < -0.4 is 21.1 Å². The molecule has 2 aliphatic rings. The predicted octanol–water partition coefficient (Wildman–Crippen LogP) is 3.69. The second kappa shape index (κ2) is 18.7. The van der Waals surface area contributed by atoms with Crippen LogP contribution in [-0.4, -0.2) is 58.6 Å². The molecule has 212 valence electrons. The quantitative estimate of drug-likeness (QED) is 0.222. The van der Waals surface area contributed by atoms with Crippen molar-refractivity contribution in [2.45, 2.75) is 51.4 Å². The maximum atomic E-state index is 11.5. The van der Waals surface area contributed by atoms with Crippen LogP contribution in [0.2, 0.25) is 0 Å². The minimum Gasteiger partial charge on any atom is -0.872 e. The van der Waals surface area contributed by atoms with Crippen LogP contribution in [0, 0.1) is 0 Å². The van der Waals surface area contributed by atoms with Crippen LogP contribution in [0.25, 0.3) is 0 Å². The van der Waals surface area contributed by atoms with E-state index in [0.29, 0.717) is 21.4 Å². The Morgan fingerprint density at radius 2 is 0.949 bits per heavy atom. The molecular formula is C28H36N6O2PdS2. The molecule has 2 aromatic rings. The summed E-state index contributed by atoms with van der Waals surface area (Å²) in [4.78, 5) is 4.28. The van der Waals surface area contributed by atoms with Gasteiger partial charge in [-0.25, -0.2) is 0 Å². The van der Waals surface area contributed by atoms with Crippen molar-refractivity contribution in [1.82, 2.24) is 20.7 Å². The summed E-state index contributed by atoms with van der Waals surface area (Å²) in [7, 11) is 0. The molecule has 0 bridgehead atoms. The van der Waals surface area contributed by atoms with Gasteiger partial charge in [0, 0.05) is 26.2 Å². The number of nitrogens with zero attached hydrogens (tertiary/aromatic N) is 4. The van der Waals surface area contributed by atoms with Gasteiger partial charge in [0.05, 0.1) is 12.4 Å². The van der Waals surface area contributed by atoms with E-state index in [1.54, 1.807) is 24.3 Å². The molecule has 2 aliphatic heterocycles. The third-order valence-electron chi connectivity index (χ3n) is 6.35. The molecule has 0 atom stereocenters. The normalized spacial score (nSPS) is 15.9. The molecule has 0 aliphatic carbocycles. The zero-order valence-electron chi connectivity index (χ0n) is 22.0. The van der Waals surface area contributed by atoms with Gasteiger partial charge in [0.15, 0.2) is 10.2 Å². The van der Waals surface area contributed by atoms with Gasteiger partial charge in [-0.05, 0) is 61.2 Å². The molecule has 0 spiro atoms. The van der Waals surface area contributed by atoms with Gasteiger partial charge in [0.2, 0.25) is 0 Å². The molecule has 2 heterocycles. The molecule has 4 rings (SSSR count). The maximum absolute atomic E-state index is 11.5. The van der Waals surface area contributed by atoms with Gasteiger partial charge in [-0.2, -0.15) is 10.2 Å². The van der Waals surface area contributed by atoms with Crippen LogP contribution in [0.3, 0.4) is 0 Å². The first-order chi connectivity index (χ1) is 18.5. The molecule has 2 aromatic carbocycles. The summed E-state index contributed by atoms with van der Waals surface area (Å²) in [5.41, 5.74) is 6.81. The Bertz CT molecular complexity index is 1000. The van der Waals surface area contributed by atoms with Gasteiger partial charge in [0.25, 0.3) is 0 Å². The monoisotopic (exact) mass is 658 g/mol. The van der Waals surface area contributed by atoms with Gasteiger partial charge in [-0.15, -0.1) is 0 Å². The largest absolute Gasteiger partial charge is 2.00 e. The summed E-state index contributed by atoms with van der Waals surface area (Å²) in [5.74, 6) is -0.0671. The Morgan fingerprint density at radius 3 is 1.28 bits per heavy atom. The molecule has 8 nitrogen and oxygen atoms in total. The molecule has 2 N–H and O–H groups in total. The number of thiocarbonyl (C=S) groups is 2. The van der Waals surface area contributed by atoms with E-state index in [-0.39, 0.29) is 31.9 Å². The number of hydrogen-bond donors (Lipinski definition) is 2. The molecule has 0 aromatic heterocycles. The summed E-state index contributed by atoms with van der Waals surface area (Å²) in [6.07, 6.45) is 12.8. The van der Waals surface area contributed by atoms with Crippen molar-refractivity contribution in [3.8, 4) is 11.5 Å². The van der Waals surface area contributed by atoms with Gasteiger partial charge < -0.3 is 20.0 Å². The van der Waals surface area contributed by atoms with Crippen molar-refractivity contribution in [3.05, 3.63) is 59.7 Å². The minimum atomic E-state index is -0.0336. The number of para-hydroxylation sites is 2. The third-order valence-corrected chi connectivity index (χ3v) is 7.05. The van der Waals surface area contributed by atoms with E-state index in [2.05, 4.69) is 30.9 Å². The van der Waals surface area contributed by atoms with E-state index in [4.69, 9.17) is 24.4 Å². The second-order valence-corrected chi connectivity index (χ2v) is 10.0. The average molecular weight is 659 g/mol. The number of rotatable bonds is 4. The molecule has 11 heteroatoms. The second-order valence-electron chi connectivity index (χ2n) is 9.23. The van der Waals surface area contributed by atoms with Gasteiger partial charge in [-0.1, -0.05) is 85.7 Å². The van der Waals surface area contributed by atoms with E-state index in [9.17, 15) is 10.2 Å². The van der Waals surface area contributed by atoms with E-state index >= 15 is 0 Å². The van der Waals surface area contributed by atoms with Crippen LogP contribution >= 0.6 is 24.4 Å². The number of nitrogens with one attached hydrogen (secondary N) is 2. The van der Waals surface area contributed by atoms with Crippen molar-refractivity contribution in [3.63, 3.8) is 0 Å². The first kappa shape index (κ1) is 32.6. The van der Waals surface area contributed by atoms with Crippen LogP contribution in [0.5, 0.6) is 11.5 Å². The van der Waals surface area contributed by atoms with Gasteiger partial charge in [0.1, 0.15) is 0 Å². The summed E-state index contributed by atoms with van der Waals surface area (Å²) >= 11 is 10.6. The Kier molecular flexibility index (Phi) is 15.6. The third kappa shape index (κ3) is 12.0. The molecular weight excluding hydrogens is 623 g/mol. The topological polar surface area (TPSA) is 101 Å². The number of hydrazone groups is 2. The maximum Gasteiger partial charge on any atom is 2.00 e. The standard InChI is InChI=1S/2C14H19N3OS.Pd/c2*18-13-8-4-3-7-12(13)11-15-16-14(19)17-9-5-1-2-6-10-17;/h2*3-4,7-8,11,18H,1-2,5-6,9-10H2,(H,16,19);/q;;+2/p-2/b2*15-11+;. The van der Waals surface area contributed by atoms with Crippen LogP contribution in [0.4, 0.5) is 0 Å². The van der Waals surface area contributed by atoms with Crippen molar-refractivity contribution in [2.24, 2.45) is 10.2 Å². The van der Waals surface area contributed by atoms with Crippen molar-refractivity contribution in [1.29, 1.82) is 0 Å². The fraction of sp³-hybridized carbons (Fsp3) is 0.429. The summed E-state index contributed by atoms with van der Waals surface area (Å²) < 4.78 is 0. The van der Waals surface area contributed by atoms with E-state index in [0.717, 1.165) is 26.2 Å². The SMILES string of the molecule is [O-]c1ccccc1/C=N/NC(=S)N1CCCCCC1.[O-]c1ccccc1/C=N/NC(=S)N1CCCCCC1.[Pd+2]. The molecule has 0 saturated carbocycles. The summed E-state index contributed by atoms with van der Waals surface area (Å²) in [6, 6.07) is 13.6. The molecule has 2 fully saturated rings. The first-order valence-corrected chi connectivity index (χ1v) is 14.0. The fourth-order valence-corrected chi connectivity index (χ4v) is 4.65. The Labute approximate surface area is 256 Å². The Hall–Kier alpha value is -2.58. The number of hydrogen-bond acceptors (Lipinski definition) is 6. The average Bonchev–Trinajstić information content (AvgIpc) is 3.37. The van der Waals surface area contributed by atoms with Gasteiger partial charge >= 0.3 is 20.4 Å². The summed E-state index contributed by atoms with van der Waals surface area (Å²) in [6.45, 7) is 3.94. The van der Waals surface area contributed by atoms with Crippen molar-refractivity contribution < 1.29 is 30.6 Å². The zero-order valence-corrected chi connectivity index (χ0v) is 25.2. The molecule has 0 unspecified atom stereocenters. The predicted molar refractivity (Wildman–Crippen MR) is 159 cm³/mol. The van der Waals surface area contributed by atoms with Crippen molar-refractivity contribution in [2.75, 3.05) is 26.2 Å². The Morgan fingerprint density at radius 1 is 0.615 bits per heavy atom. The first-order valence-electron chi connectivity index (χ1n) is 13.2. The van der Waals surface area contributed by atoms with Crippen LogP contribution in [0.1, 0.15) is 62.5 Å². The van der Waals surface area contributed by atoms with E-state index in [1.165, 1.54) is 75.9 Å². The molecule has 0 amide bonds. The molecule has 0 radical (unpaired) electrons. The molecule has 39 heavy (non-hydrogen) atoms. The number of benzene rings is 2.